The predicted molar refractivity (Wildman–Crippen MR) is 98.9 cm³/mol. The number of rotatable bonds is 9. The topological polar surface area (TPSA) is 128 Å². The van der Waals surface area contributed by atoms with Crippen molar-refractivity contribution < 1.29 is 29.0 Å². The number of hydrogen-bond donors (Lipinski definition) is 3. The van der Waals surface area contributed by atoms with Gasteiger partial charge in [-0.2, -0.15) is 0 Å². The monoisotopic (exact) mass is 380 g/mol. The molecule has 0 radical (unpaired) electrons. The minimum Gasteiger partial charge on any atom is -0.480 e. The number of carboxylic acids is 1. The highest BCUT2D eigenvalue weighted by Crippen LogP contribution is 2.11. The van der Waals surface area contributed by atoms with Gasteiger partial charge in [0.05, 0.1) is 0 Å². The fourth-order valence-electron chi connectivity index (χ4n) is 2.20. The van der Waals surface area contributed by atoms with Gasteiger partial charge >= 0.3 is 18.0 Å². The molecule has 0 saturated heterocycles. The number of aliphatic carboxylic acids is 1. The maximum absolute atomic E-state index is 11.8. The van der Waals surface area contributed by atoms with E-state index in [9.17, 15) is 19.5 Å². The third-order valence-electron chi connectivity index (χ3n) is 3.52. The summed E-state index contributed by atoms with van der Waals surface area (Å²) in [5.41, 5.74) is 5.92. The second-order valence-electron chi connectivity index (χ2n) is 7.17. The van der Waals surface area contributed by atoms with Crippen LogP contribution in [0.4, 0.5) is 4.79 Å². The first kappa shape index (κ1) is 22.4. The molecule has 1 rings (SSSR count). The van der Waals surface area contributed by atoms with Crippen molar-refractivity contribution in [1.82, 2.24) is 5.32 Å². The number of benzene rings is 1. The normalized spacial score (nSPS) is 13.3. The summed E-state index contributed by atoms with van der Waals surface area (Å²) in [4.78, 5) is 34.9. The van der Waals surface area contributed by atoms with Crippen LogP contribution in [0.5, 0.6) is 0 Å². The van der Waals surface area contributed by atoms with Crippen LogP contribution in [-0.2, 0) is 25.7 Å². The van der Waals surface area contributed by atoms with Gasteiger partial charge in [-0.05, 0) is 45.6 Å². The van der Waals surface area contributed by atoms with Gasteiger partial charge in [0.25, 0.3) is 0 Å². The van der Waals surface area contributed by atoms with Crippen molar-refractivity contribution in [3.63, 3.8) is 0 Å². The molecule has 0 saturated carbocycles. The predicted octanol–water partition coefficient (Wildman–Crippen LogP) is 2.21. The lowest BCUT2D eigenvalue weighted by Gasteiger charge is -2.22. The van der Waals surface area contributed by atoms with E-state index in [1.54, 1.807) is 32.9 Å². The van der Waals surface area contributed by atoms with Gasteiger partial charge in [0.1, 0.15) is 24.3 Å². The molecule has 0 aromatic heterocycles. The number of alkyl carbamates (subject to hydrolysis) is 1. The van der Waals surface area contributed by atoms with Crippen molar-refractivity contribution in [2.75, 3.05) is 0 Å². The molecule has 0 aliphatic heterocycles. The molecule has 0 bridgehead atoms. The van der Waals surface area contributed by atoms with E-state index in [0.29, 0.717) is 6.42 Å². The molecule has 4 N–H and O–H groups in total. The average Bonchev–Trinajstić information content (AvgIpc) is 2.58. The van der Waals surface area contributed by atoms with Gasteiger partial charge in [0.2, 0.25) is 0 Å². The highest BCUT2D eigenvalue weighted by atomic mass is 16.6. The van der Waals surface area contributed by atoms with Gasteiger partial charge in [-0.1, -0.05) is 30.3 Å². The number of nitrogens with one attached hydrogen (secondary N) is 1. The Bertz CT molecular complexity index is 627. The smallest absolute Gasteiger partial charge is 0.408 e. The van der Waals surface area contributed by atoms with Crippen LogP contribution in [0.1, 0.15) is 45.6 Å². The molecule has 1 unspecified atom stereocenters. The van der Waals surface area contributed by atoms with Crippen molar-refractivity contribution >= 4 is 18.0 Å². The van der Waals surface area contributed by atoms with Crippen molar-refractivity contribution in [2.24, 2.45) is 5.73 Å². The number of hydrogen-bond acceptors (Lipinski definition) is 6. The molecule has 1 aromatic carbocycles. The third-order valence-corrected chi connectivity index (χ3v) is 3.52. The van der Waals surface area contributed by atoms with Crippen LogP contribution >= 0.6 is 0 Å². The first-order chi connectivity index (χ1) is 12.6. The van der Waals surface area contributed by atoms with Gasteiger partial charge in [0, 0.05) is 0 Å². The Labute approximate surface area is 159 Å². The summed E-state index contributed by atoms with van der Waals surface area (Å²) in [7, 11) is 0. The van der Waals surface area contributed by atoms with Crippen molar-refractivity contribution in [3.8, 4) is 0 Å². The number of amides is 1. The molecule has 1 aromatic rings. The molecule has 0 aliphatic rings. The van der Waals surface area contributed by atoms with Crippen LogP contribution in [0.3, 0.4) is 0 Å². The van der Waals surface area contributed by atoms with Crippen LogP contribution in [0.15, 0.2) is 30.3 Å². The Morgan fingerprint density at radius 2 is 1.78 bits per heavy atom. The Hall–Kier alpha value is -2.61. The Morgan fingerprint density at radius 3 is 2.33 bits per heavy atom. The van der Waals surface area contributed by atoms with Crippen LogP contribution in [0, 0.1) is 0 Å². The first-order valence-electron chi connectivity index (χ1n) is 8.77. The maximum Gasteiger partial charge on any atom is 0.408 e. The van der Waals surface area contributed by atoms with Gasteiger partial charge in [-0.3, -0.25) is 4.79 Å². The molecule has 150 valence electrons. The fraction of sp³-hybridized carbons (Fsp3) is 0.526. The Balaban J connectivity index is 2.39. The molecule has 2 atom stereocenters. The zero-order valence-corrected chi connectivity index (χ0v) is 15.9. The average molecular weight is 380 g/mol. The molecule has 0 aliphatic carbocycles. The van der Waals surface area contributed by atoms with Crippen LogP contribution in [0.2, 0.25) is 0 Å². The van der Waals surface area contributed by atoms with Crippen LogP contribution in [-0.4, -0.2) is 40.8 Å². The number of ether oxygens (including phenoxy) is 2. The first-order valence-corrected chi connectivity index (χ1v) is 8.77. The lowest BCUT2D eigenvalue weighted by Crippen LogP contribution is -2.41. The summed E-state index contributed by atoms with van der Waals surface area (Å²) < 4.78 is 10.2. The summed E-state index contributed by atoms with van der Waals surface area (Å²) in [6.07, 6.45) is -0.120. The molecule has 27 heavy (non-hydrogen) atoms. The van der Waals surface area contributed by atoms with Gasteiger partial charge in [-0.25, -0.2) is 9.59 Å². The zero-order valence-electron chi connectivity index (χ0n) is 15.9. The number of nitrogens with two attached hydrogens (primary N) is 1. The summed E-state index contributed by atoms with van der Waals surface area (Å²) in [6.45, 7) is 5.26. The Morgan fingerprint density at radius 1 is 1.15 bits per heavy atom. The molecule has 8 heteroatoms. The van der Waals surface area contributed by atoms with Gasteiger partial charge < -0.3 is 25.6 Å². The standard InChI is InChI=1S/C19H28N2O6/c1-19(2,3)27-17(24)14(20)10-7-11-15(16(22)23)21-18(25)26-12-13-8-5-4-6-9-13/h4-6,8-9,14-15H,7,10-12,20H2,1-3H3,(H,21,25)(H,22,23)/t14?,15-/m0/s1. The van der Waals surface area contributed by atoms with Crippen molar-refractivity contribution in [3.05, 3.63) is 35.9 Å². The van der Waals surface area contributed by atoms with Crippen molar-refractivity contribution in [2.45, 2.75) is 64.3 Å². The van der Waals surface area contributed by atoms with Crippen LogP contribution in [0.25, 0.3) is 0 Å². The third kappa shape index (κ3) is 9.60. The summed E-state index contributed by atoms with van der Waals surface area (Å²) in [5.74, 6) is -1.72. The lowest BCUT2D eigenvalue weighted by atomic mass is 10.1. The van der Waals surface area contributed by atoms with E-state index in [0.717, 1.165) is 5.56 Å². The molecule has 0 fully saturated rings. The second-order valence-corrected chi connectivity index (χ2v) is 7.17. The second kappa shape index (κ2) is 10.5. The fourth-order valence-corrected chi connectivity index (χ4v) is 2.20. The summed E-state index contributed by atoms with van der Waals surface area (Å²) in [6, 6.07) is 7.07. The van der Waals surface area contributed by atoms with Gasteiger partial charge in [0.15, 0.2) is 0 Å². The number of esters is 1. The minimum absolute atomic E-state index is 0.0442. The molecule has 0 heterocycles. The zero-order chi connectivity index (χ0) is 20.4. The largest absolute Gasteiger partial charge is 0.480 e. The molecule has 0 spiro atoms. The van der Waals surface area contributed by atoms with E-state index in [1.165, 1.54) is 0 Å². The Kier molecular flexibility index (Phi) is 8.74. The summed E-state index contributed by atoms with van der Waals surface area (Å²) in [5, 5.41) is 11.6. The van der Waals surface area contributed by atoms with Crippen LogP contribution < -0.4 is 11.1 Å². The SMILES string of the molecule is CC(C)(C)OC(=O)C(N)CCC[C@H](NC(=O)OCc1ccccc1)C(=O)O. The quantitative estimate of drug-likeness (QED) is 0.560. The highest BCUT2D eigenvalue weighted by Gasteiger charge is 2.24. The molecular formula is C19H28N2O6. The number of carbonyl (C=O) groups excluding carboxylic acids is 2. The van der Waals surface area contributed by atoms with E-state index < -0.39 is 35.7 Å². The molecular weight excluding hydrogens is 352 g/mol. The van der Waals surface area contributed by atoms with E-state index in [4.69, 9.17) is 15.2 Å². The van der Waals surface area contributed by atoms with E-state index in [-0.39, 0.29) is 19.4 Å². The highest BCUT2D eigenvalue weighted by molar-refractivity contribution is 5.80. The van der Waals surface area contributed by atoms with E-state index >= 15 is 0 Å². The maximum atomic E-state index is 11.8. The number of carboxylic acid groups (broad SMARTS) is 1. The molecule has 8 nitrogen and oxygen atoms in total. The number of carbonyl (C=O) groups is 3. The summed E-state index contributed by atoms with van der Waals surface area (Å²) >= 11 is 0. The lowest BCUT2D eigenvalue weighted by molar-refractivity contribution is -0.156. The minimum atomic E-state index is -1.18. The van der Waals surface area contributed by atoms with Crippen molar-refractivity contribution in [1.29, 1.82) is 0 Å². The van der Waals surface area contributed by atoms with E-state index in [1.807, 2.05) is 18.2 Å². The molecule has 1 amide bonds. The van der Waals surface area contributed by atoms with E-state index in [2.05, 4.69) is 5.32 Å². The van der Waals surface area contributed by atoms with Gasteiger partial charge in [-0.15, -0.1) is 0 Å².